The topological polar surface area (TPSA) is 97.7 Å². The van der Waals surface area contributed by atoms with Crippen molar-refractivity contribution in [3.63, 3.8) is 0 Å². The Kier molecular flexibility index (Phi) is 5.99. The summed E-state index contributed by atoms with van der Waals surface area (Å²) in [5, 5.41) is 11.4. The minimum Gasteiger partial charge on any atom is -0.465 e. The number of ether oxygens (including phenoxy) is 1. The van der Waals surface area contributed by atoms with Crippen LogP contribution >= 0.6 is 0 Å². The Labute approximate surface area is 174 Å². The van der Waals surface area contributed by atoms with Gasteiger partial charge in [0.25, 0.3) is 0 Å². The smallest absolute Gasteiger partial charge is 0.318 e. The minimum absolute atomic E-state index is 0.0324. The summed E-state index contributed by atoms with van der Waals surface area (Å²) in [6.45, 7) is 4.63. The number of Topliss-reactive ketones (excluding diaryl/α,β-unsaturated/α-hetero) is 3. The molecule has 1 aliphatic rings. The van der Waals surface area contributed by atoms with Gasteiger partial charge in [0.05, 0.1) is 6.61 Å². The first-order valence-corrected chi connectivity index (χ1v) is 9.93. The van der Waals surface area contributed by atoms with Gasteiger partial charge in [-0.15, -0.1) is 0 Å². The molecule has 2 aromatic rings. The molecule has 2 atom stereocenters. The molecule has 2 aromatic carbocycles. The van der Waals surface area contributed by atoms with Crippen molar-refractivity contribution in [1.29, 1.82) is 0 Å². The van der Waals surface area contributed by atoms with Crippen molar-refractivity contribution in [3.05, 3.63) is 70.8 Å². The summed E-state index contributed by atoms with van der Waals surface area (Å²) in [4.78, 5) is 52.6. The number of benzene rings is 2. The molecule has 156 valence electrons. The highest BCUT2D eigenvalue weighted by Crippen LogP contribution is 2.51. The quantitative estimate of drug-likeness (QED) is 0.558. The average Bonchev–Trinajstić information content (AvgIpc) is 2.96. The fourth-order valence-corrected chi connectivity index (χ4v) is 4.19. The number of fused-ring (bicyclic) bond motifs is 1. The Morgan fingerprint density at radius 2 is 1.50 bits per heavy atom. The van der Waals surface area contributed by atoms with Crippen LogP contribution in [0, 0.1) is 11.3 Å². The maximum Gasteiger partial charge on any atom is 0.318 e. The van der Waals surface area contributed by atoms with E-state index in [-0.39, 0.29) is 23.3 Å². The summed E-state index contributed by atoms with van der Waals surface area (Å²) < 4.78 is 5.05. The maximum atomic E-state index is 13.6. The third kappa shape index (κ3) is 3.17. The van der Waals surface area contributed by atoms with Crippen molar-refractivity contribution in [3.8, 4) is 0 Å². The molecule has 30 heavy (non-hydrogen) atoms. The highest BCUT2D eigenvalue weighted by molar-refractivity contribution is 6.33. The molecule has 1 aliphatic carbocycles. The van der Waals surface area contributed by atoms with Crippen LogP contribution in [-0.2, 0) is 20.7 Å². The summed E-state index contributed by atoms with van der Waals surface area (Å²) >= 11 is 0. The Morgan fingerprint density at radius 1 is 0.967 bits per heavy atom. The molecule has 3 rings (SSSR count). The third-order valence-corrected chi connectivity index (χ3v) is 5.69. The largest absolute Gasteiger partial charge is 0.465 e. The van der Waals surface area contributed by atoms with Crippen LogP contribution in [0.15, 0.2) is 48.5 Å². The van der Waals surface area contributed by atoms with Crippen molar-refractivity contribution < 1.29 is 29.0 Å². The van der Waals surface area contributed by atoms with E-state index in [9.17, 15) is 24.3 Å². The zero-order valence-corrected chi connectivity index (χ0v) is 17.2. The van der Waals surface area contributed by atoms with Gasteiger partial charge in [-0.3, -0.25) is 19.2 Å². The van der Waals surface area contributed by atoms with E-state index in [2.05, 4.69) is 0 Å². The summed E-state index contributed by atoms with van der Waals surface area (Å²) in [6.07, 6.45) is -0.932. The Balaban J connectivity index is 2.26. The molecular weight excluding hydrogens is 384 g/mol. The molecule has 2 unspecified atom stereocenters. The van der Waals surface area contributed by atoms with Gasteiger partial charge in [-0.05, 0) is 31.4 Å². The first-order chi connectivity index (χ1) is 14.3. The molecule has 6 nitrogen and oxygen atoms in total. The van der Waals surface area contributed by atoms with Crippen LogP contribution in [0.25, 0.3) is 0 Å². The van der Waals surface area contributed by atoms with Crippen LogP contribution in [0.3, 0.4) is 0 Å². The van der Waals surface area contributed by atoms with Gasteiger partial charge >= 0.3 is 5.97 Å². The van der Waals surface area contributed by atoms with Crippen molar-refractivity contribution in [1.82, 2.24) is 0 Å². The highest BCUT2D eigenvalue weighted by atomic mass is 16.5. The normalized spacial score (nSPS) is 16.7. The zero-order valence-electron chi connectivity index (χ0n) is 17.2. The van der Waals surface area contributed by atoms with E-state index in [4.69, 9.17) is 4.74 Å². The van der Waals surface area contributed by atoms with Crippen LogP contribution in [0.4, 0.5) is 0 Å². The van der Waals surface area contributed by atoms with E-state index >= 15 is 0 Å². The lowest BCUT2D eigenvalue weighted by Gasteiger charge is -2.36. The molecule has 0 saturated heterocycles. The van der Waals surface area contributed by atoms with E-state index in [0.717, 1.165) is 18.9 Å². The van der Waals surface area contributed by atoms with Gasteiger partial charge < -0.3 is 9.84 Å². The Bertz CT molecular complexity index is 970. The average molecular weight is 408 g/mol. The number of carbonyl (C=O) groups is 4. The number of carbonyl (C=O) groups excluding carboxylic acids is 4. The first-order valence-electron chi connectivity index (χ1n) is 9.93. The minimum atomic E-state index is -2.31. The van der Waals surface area contributed by atoms with Gasteiger partial charge in [0, 0.05) is 11.1 Å². The zero-order chi connectivity index (χ0) is 22.1. The molecule has 0 amide bonds. The molecule has 0 heterocycles. The lowest BCUT2D eigenvalue weighted by atomic mass is 9.64. The van der Waals surface area contributed by atoms with Crippen LogP contribution in [0.5, 0.6) is 0 Å². The fraction of sp³-hybridized carbons (Fsp3) is 0.333. The second-order valence-corrected chi connectivity index (χ2v) is 7.37. The molecule has 0 bridgehead atoms. The van der Waals surface area contributed by atoms with Gasteiger partial charge in [-0.25, -0.2) is 0 Å². The maximum absolute atomic E-state index is 13.6. The van der Waals surface area contributed by atoms with Crippen LogP contribution in [0.2, 0.25) is 0 Å². The highest BCUT2D eigenvalue weighted by Gasteiger charge is 2.66. The van der Waals surface area contributed by atoms with Crippen LogP contribution < -0.4 is 0 Å². The monoisotopic (exact) mass is 408 g/mol. The summed E-state index contributed by atoms with van der Waals surface area (Å²) in [5.74, 6) is -4.96. The lowest BCUT2D eigenvalue weighted by molar-refractivity contribution is -0.157. The lowest BCUT2D eigenvalue weighted by Crippen LogP contribution is -2.52. The van der Waals surface area contributed by atoms with Gasteiger partial charge in [0.2, 0.25) is 0 Å². The van der Waals surface area contributed by atoms with Gasteiger partial charge in [0.1, 0.15) is 23.2 Å². The number of hydrogen-bond donors (Lipinski definition) is 1. The van der Waals surface area contributed by atoms with Gasteiger partial charge in [-0.1, -0.05) is 55.5 Å². The number of esters is 1. The number of aliphatic hydroxyl groups excluding tert-OH is 1. The molecule has 0 saturated carbocycles. The number of hydrogen-bond acceptors (Lipinski definition) is 6. The van der Waals surface area contributed by atoms with Crippen molar-refractivity contribution in [2.24, 2.45) is 11.3 Å². The number of aryl methyl sites for hydroxylation is 1. The predicted molar refractivity (Wildman–Crippen MR) is 109 cm³/mol. The number of aliphatic hydroxyl groups is 1. The van der Waals surface area contributed by atoms with E-state index in [1.54, 1.807) is 43.3 Å². The Hall–Kier alpha value is -3.12. The van der Waals surface area contributed by atoms with E-state index in [1.807, 2.05) is 6.92 Å². The summed E-state index contributed by atoms with van der Waals surface area (Å²) in [7, 11) is 0. The fourth-order valence-electron chi connectivity index (χ4n) is 4.19. The molecule has 0 spiro atoms. The molecule has 1 N–H and O–H groups in total. The van der Waals surface area contributed by atoms with E-state index < -0.39 is 40.8 Å². The number of ketones is 3. The summed E-state index contributed by atoms with van der Waals surface area (Å²) in [5.41, 5.74) is -0.863. The van der Waals surface area contributed by atoms with Crippen LogP contribution in [0.1, 0.15) is 58.7 Å². The van der Waals surface area contributed by atoms with E-state index in [0.29, 0.717) is 0 Å². The molecule has 0 fully saturated rings. The second-order valence-electron chi connectivity index (χ2n) is 7.37. The van der Waals surface area contributed by atoms with E-state index in [1.165, 1.54) is 12.1 Å². The molecular formula is C24H24O6. The first kappa shape index (κ1) is 21.6. The van der Waals surface area contributed by atoms with Gasteiger partial charge in [-0.2, -0.15) is 0 Å². The van der Waals surface area contributed by atoms with Gasteiger partial charge in [0.15, 0.2) is 11.6 Å². The molecule has 0 radical (unpaired) electrons. The van der Waals surface area contributed by atoms with Crippen molar-refractivity contribution in [2.45, 2.75) is 33.3 Å². The molecule has 6 heteroatoms. The second kappa shape index (κ2) is 8.32. The molecule has 0 aromatic heterocycles. The van der Waals surface area contributed by atoms with Crippen LogP contribution in [-0.4, -0.2) is 35.0 Å². The Morgan fingerprint density at radius 3 is 1.93 bits per heavy atom. The predicted octanol–water partition coefficient (Wildman–Crippen LogP) is 3.12. The summed E-state index contributed by atoms with van der Waals surface area (Å²) in [6, 6.07) is 12.9. The third-order valence-electron chi connectivity index (χ3n) is 5.69. The van der Waals surface area contributed by atoms with Crippen molar-refractivity contribution >= 4 is 23.3 Å². The standard InChI is InChI=1S/C24H24O6/c1-4-15-10-12-16(13-11-15)20(26)24(19(14(3)25)23(29)30-5-2)21(27)17-8-6-7-9-18(17)22(24)28/h6-13,19-20,26H,4-5H2,1-3H3. The molecule has 0 aliphatic heterocycles. The number of rotatable bonds is 7. The SMILES string of the molecule is CCOC(=O)C(C(C)=O)C1(C(O)c2ccc(CC)cc2)C(=O)c2ccccc2C1=O. The van der Waals surface area contributed by atoms with Crippen molar-refractivity contribution in [2.75, 3.05) is 6.61 Å².